The van der Waals surface area contributed by atoms with Gasteiger partial charge in [-0.2, -0.15) is 0 Å². The van der Waals surface area contributed by atoms with E-state index in [9.17, 15) is 14.7 Å². The highest BCUT2D eigenvalue weighted by Gasteiger charge is 2.22. The van der Waals surface area contributed by atoms with Gasteiger partial charge in [0.2, 0.25) is 5.91 Å². The molecule has 37 heavy (non-hydrogen) atoms. The second kappa shape index (κ2) is 14.9. The fourth-order valence-corrected chi connectivity index (χ4v) is 5.00. The summed E-state index contributed by atoms with van der Waals surface area (Å²) >= 11 is 0. The number of fused-ring (bicyclic) bond motifs is 1. The molecular formula is C31H45N3O3. The predicted octanol–water partition coefficient (Wildman–Crippen LogP) is 5.49. The maximum atomic E-state index is 13.6. The van der Waals surface area contributed by atoms with Gasteiger partial charge in [-0.1, -0.05) is 63.4 Å². The first-order valence-corrected chi connectivity index (χ1v) is 14.0. The molecule has 3 rings (SSSR count). The first kappa shape index (κ1) is 28.9. The number of benzene rings is 2. The van der Waals surface area contributed by atoms with Crippen LogP contribution in [0.3, 0.4) is 0 Å². The average Bonchev–Trinajstić information content (AvgIpc) is 2.87. The molecule has 6 nitrogen and oxygen atoms in total. The van der Waals surface area contributed by atoms with Crippen molar-refractivity contribution in [1.82, 2.24) is 9.80 Å². The summed E-state index contributed by atoms with van der Waals surface area (Å²) in [5, 5.41) is 9.67. The van der Waals surface area contributed by atoms with Gasteiger partial charge in [-0.3, -0.25) is 14.5 Å². The molecule has 0 spiro atoms. The lowest BCUT2D eigenvalue weighted by molar-refractivity contribution is -0.116. The first-order valence-electron chi connectivity index (χ1n) is 14.0. The van der Waals surface area contributed by atoms with Gasteiger partial charge in [-0.25, -0.2) is 0 Å². The first-order chi connectivity index (χ1) is 17.9. The van der Waals surface area contributed by atoms with Crippen molar-refractivity contribution in [3.8, 4) is 0 Å². The summed E-state index contributed by atoms with van der Waals surface area (Å²) in [6.07, 6.45) is 6.80. The average molecular weight is 508 g/mol. The van der Waals surface area contributed by atoms with Crippen LogP contribution < -0.4 is 4.90 Å². The minimum atomic E-state index is -0.102. The molecular weight excluding hydrogens is 462 g/mol. The molecule has 202 valence electrons. The van der Waals surface area contributed by atoms with Gasteiger partial charge in [-0.15, -0.1) is 0 Å². The highest BCUT2D eigenvalue weighted by Crippen LogP contribution is 2.27. The van der Waals surface area contributed by atoms with Gasteiger partial charge in [0.15, 0.2) is 0 Å². The number of aliphatic hydroxyl groups is 1. The summed E-state index contributed by atoms with van der Waals surface area (Å²) in [7, 11) is 0. The molecule has 0 saturated carbocycles. The van der Waals surface area contributed by atoms with Gasteiger partial charge in [0, 0.05) is 44.4 Å². The van der Waals surface area contributed by atoms with E-state index < -0.39 is 0 Å². The summed E-state index contributed by atoms with van der Waals surface area (Å²) in [5.74, 6) is 0.555. The Morgan fingerprint density at radius 1 is 0.973 bits per heavy atom. The Morgan fingerprint density at radius 3 is 2.35 bits per heavy atom. The number of rotatable bonds is 8. The number of anilines is 1. The molecule has 0 atom stereocenters. The zero-order valence-corrected chi connectivity index (χ0v) is 23.0. The standard InChI is InChI=1S/C31H45N3O3/c1-25(2)16-19-32-17-10-5-4-6-11-18-34(26(3)36)30-15-14-28(22-29(30)24-32)31(37)33(20-21-35)23-27-12-8-7-9-13-27/h7-9,12-15,22,25,35H,4-6,10-11,16-21,23-24H2,1-3H3. The number of amides is 2. The van der Waals surface area contributed by atoms with Crippen LogP contribution in [-0.4, -0.2) is 59.5 Å². The molecule has 0 fully saturated rings. The van der Waals surface area contributed by atoms with Crippen molar-refractivity contribution >= 4 is 17.5 Å². The van der Waals surface area contributed by atoms with Crippen molar-refractivity contribution in [2.45, 2.75) is 72.4 Å². The highest BCUT2D eigenvalue weighted by molar-refractivity contribution is 5.97. The molecule has 0 aliphatic carbocycles. The molecule has 1 aliphatic heterocycles. The number of carbonyl (C=O) groups excluding carboxylic acids is 2. The van der Waals surface area contributed by atoms with Crippen molar-refractivity contribution in [1.29, 1.82) is 0 Å². The molecule has 0 radical (unpaired) electrons. The van der Waals surface area contributed by atoms with E-state index in [0.29, 0.717) is 31.1 Å². The van der Waals surface area contributed by atoms with E-state index in [1.807, 2.05) is 53.4 Å². The van der Waals surface area contributed by atoms with Crippen molar-refractivity contribution in [3.63, 3.8) is 0 Å². The molecule has 0 bridgehead atoms. The Morgan fingerprint density at radius 2 is 1.68 bits per heavy atom. The molecule has 2 aromatic rings. The highest BCUT2D eigenvalue weighted by atomic mass is 16.3. The number of hydrogen-bond donors (Lipinski definition) is 1. The van der Waals surface area contributed by atoms with Crippen LogP contribution in [0.15, 0.2) is 48.5 Å². The van der Waals surface area contributed by atoms with Gasteiger partial charge >= 0.3 is 0 Å². The summed E-state index contributed by atoms with van der Waals surface area (Å²) in [6, 6.07) is 15.6. The molecule has 0 aromatic heterocycles. The lowest BCUT2D eigenvalue weighted by atomic mass is 10.0. The van der Waals surface area contributed by atoms with Crippen molar-refractivity contribution in [2.75, 3.05) is 37.7 Å². The molecule has 1 aliphatic rings. The van der Waals surface area contributed by atoms with E-state index in [1.54, 1.807) is 11.8 Å². The molecule has 1 N–H and O–H groups in total. The van der Waals surface area contributed by atoms with Gasteiger partial charge in [0.1, 0.15) is 0 Å². The van der Waals surface area contributed by atoms with E-state index in [2.05, 4.69) is 18.7 Å². The van der Waals surface area contributed by atoms with Gasteiger partial charge in [0.25, 0.3) is 5.91 Å². The second-order valence-corrected chi connectivity index (χ2v) is 10.7. The topological polar surface area (TPSA) is 64.1 Å². The van der Waals surface area contributed by atoms with Gasteiger partial charge in [-0.05, 0) is 67.6 Å². The van der Waals surface area contributed by atoms with Crippen molar-refractivity contribution < 1.29 is 14.7 Å². The normalized spacial score (nSPS) is 15.5. The van der Waals surface area contributed by atoms with Crippen LogP contribution in [0.2, 0.25) is 0 Å². The molecule has 0 saturated heterocycles. The van der Waals surface area contributed by atoms with E-state index in [4.69, 9.17) is 0 Å². The number of aliphatic hydroxyl groups excluding tert-OH is 1. The second-order valence-electron chi connectivity index (χ2n) is 10.7. The minimum Gasteiger partial charge on any atom is -0.395 e. The van der Waals surface area contributed by atoms with Gasteiger partial charge in [0.05, 0.1) is 6.61 Å². The third kappa shape index (κ3) is 8.97. The molecule has 2 amide bonds. The Balaban J connectivity index is 1.96. The van der Waals surface area contributed by atoms with Crippen molar-refractivity contribution in [3.05, 3.63) is 65.2 Å². The van der Waals surface area contributed by atoms with Crippen LogP contribution in [-0.2, 0) is 17.9 Å². The van der Waals surface area contributed by atoms with Crippen molar-refractivity contribution in [2.24, 2.45) is 5.92 Å². The SMILES string of the molecule is CC(=O)N1CCCCCCCN(CCC(C)C)Cc2cc(C(=O)N(CCO)Cc3ccccc3)ccc21. The number of carbonyl (C=O) groups is 2. The summed E-state index contributed by atoms with van der Waals surface area (Å²) in [4.78, 5) is 32.4. The van der Waals surface area contributed by atoms with E-state index >= 15 is 0 Å². The number of hydrogen-bond acceptors (Lipinski definition) is 4. The van der Waals surface area contributed by atoms with Crippen LogP contribution in [0.1, 0.15) is 80.8 Å². The zero-order valence-electron chi connectivity index (χ0n) is 23.0. The monoisotopic (exact) mass is 507 g/mol. The third-order valence-corrected chi connectivity index (χ3v) is 7.14. The maximum Gasteiger partial charge on any atom is 0.254 e. The molecule has 6 heteroatoms. The van der Waals surface area contributed by atoms with E-state index in [-0.39, 0.29) is 25.0 Å². The van der Waals surface area contributed by atoms with Crippen LogP contribution in [0, 0.1) is 5.92 Å². The summed E-state index contributed by atoms with van der Waals surface area (Å²) < 4.78 is 0. The Labute approximate surface area is 223 Å². The largest absolute Gasteiger partial charge is 0.395 e. The zero-order chi connectivity index (χ0) is 26.6. The van der Waals surface area contributed by atoms with Crippen LogP contribution in [0.5, 0.6) is 0 Å². The molecule has 2 aromatic carbocycles. The lowest BCUT2D eigenvalue weighted by Gasteiger charge is -2.30. The minimum absolute atomic E-state index is 0.0390. The smallest absolute Gasteiger partial charge is 0.254 e. The molecule has 1 heterocycles. The summed E-state index contributed by atoms with van der Waals surface area (Å²) in [6.45, 7) is 10.2. The van der Waals surface area contributed by atoms with Crippen LogP contribution in [0.4, 0.5) is 5.69 Å². The quantitative estimate of drug-likeness (QED) is 0.513. The third-order valence-electron chi connectivity index (χ3n) is 7.14. The van der Waals surface area contributed by atoms with Gasteiger partial charge < -0.3 is 14.9 Å². The van der Waals surface area contributed by atoms with Crippen LogP contribution >= 0.6 is 0 Å². The Kier molecular flexibility index (Phi) is 11.6. The number of nitrogens with zero attached hydrogens (tertiary/aromatic N) is 3. The molecule has 0 unspecified atom stereocenters. The fourth-order valence-electron chi connectivity index (χ4n) is 5.00. The Bertz CT molecular complexity index is 992. The lowest BCUT2D eigenvalue weighted by Crippen LogP contribution is -2.35. The maximum absolute atomic E-state index is 13.6. The summed E-state index contributed by atoms with van der Waals surface area (Å²) in [5.41, 5.74) is 3.56. The van der Waals surface area contributed by atoms with Crippen LogP contribution in [0.25, 0.3) is 0 Å². The van der Waals surface area contributed by atoms with E-state index in [0.717, 1.165) is 49.2 Å². The van der Waals surface area contributed by atoms with E-state index in [1.165, 1.54) is 19.3 Å². The fraction of sp³-hybridized carbons (Fsp3) is 0.548. The predicted molar refractivity (Wildman–Crippen MR) is 151 cm³/mol. The Hall–Kier alpha value is -2.70.